The molecule has 0 saturated heterocycles. The highest BCUT2D eigenvalue weighted by Gasteiger charge is 2.32. The Morgan fingerprint density at radius 1 is 1.36 bits per heavy atom. The van der Waals surface area contributed by atoms with E-state index in [2.05, 4.69) is 23.4 Å². The van der Waals surface area contributed by atoms with Crippen molar-refractivity contribution in [2.24, 2.45) is 11.7 Å². The van der Waals surface area contributed by atoms with Gasteiger partial charge in [-0.05, 0) is 44.4 Å². The van der Waals surface area contributed by atoms with Crippen molar-refractivity contribution in [1.29, 1.82) is 0 Å². The molecule has 2 aliphatic carbocycles. The van der Waals surface area contributed by atoms with E-state index in [1.165, 1.54) is 18.5 Å². The molecule has 22 heavy (non-hydrogen) atoms. The van der Waals surface area contributed by atoms with Gasteiger partial charge in [0.2, 0.25) is 0 Å². The van der Waals surface area contributed by atoms with Crippen LogP contribution in [0.3, 0.4) is 0 Å². The fourth-order valence-electron chi connectivity index (χ4n) is 3.86. The van der Waals surface area contributed by atoms with Gasteiger partial charge in [-0.25, -0.2) is 4.98 Å². The molecule has 3 atom stereocenters. The van der Waals surface area contributed by atoms with Crippen LogP contribution in [0.1, 0.15) is 57.1 Å². The third-order valence-corrected chi connectivity index (χ3v) is 5.22. The van der Waals surface area contributed by atoms with Crippen LogP contribution in [-0.4, -0.2) is 26.7 Å². The summed E-state index contributed by atoms with van der Waals surface area (Å²) in [7, 11) is 0. The van der Waals surface area contributed by atoms with Crippen LogP contribution in [0.2, 0.25) is 0 Å². The van der Waals surface area contributed by atoms with E-state index in [9.17, 15) is 0 Å². The van der Waals surface area contributed by atoms with Gasteiger partial charge < -0.3 is 11.1 Å². The van der Waals surface area contributed by atoms with Crippen molar-refractivity contribution in [1.82, 2.24) is 14.6 Å². The Balaban J connectivity index is 1.67. The molecular formula is C17H25N5. The number of rotatable bonds is 5. The molecule has 2 saturated carbocycles. The lowest BCUT2D eigenvalue weighted by Crippen LogP contribution is -2.22. The monoisotopic (exact) mass is 299 g/mol. The molecule has 0 aromatic carbocycles. The maximum atomic E-state index is 6.04. The van der Waals surface area contributed by atoms with Gasteiger partial charge in [-0.2, -0.15) is 9.61 Å². The topological polar surface area (TPSA) is 68.2 Å². The summed E-state index contributed by atoms with van der Waals surface area (Å²) >= 11 is 0. The summed E-state index contributed by atoms with van der Waals surface area (Å²) in [5.41, 5.74) is 8.21. The highest BCUT2D eigenvalue weighted by atomic mass is 15.3. The lowest BCUT2D eigenvalue weighted by Gasteiger charge is -2.19. The number of hydrogen-bond acceptors (Lipinski definition) is 4. The zero-order valence-corrected chi connectivity index (χ0v) is 13.2. The summed E-state index contributed by atoms with van der Waals surface area (Å²) in [6.45, 7) is 2.27. The van der Waals surface area contributed by atoms with E-state index >= 15 is 0 Å². The molecule has 5 heteroatoms. The third-order valence-electron chi connectivity index (χ3n) is 5.22. The van der Waals surface area contributed by atoms with Crippen molar-refractivity contribution < 1.29 is 0 Å². The fourth-order valence-corrected chi connectivity index (χ4v) is 3.86. The van der Waals surface area contributed by atoms with Gasteiger partial charge >= 0.3 is 0 Å². The van der Waals surface area contributed by atoms with Crippen LogP contribution in [0.25, 0.3) is 5.65 Å². The van der Waals surface area contributed by atoms with Crippen molar-refractivity contribution in [3.05, 3.63) is 24.0 Å². The van der Waals surface area contributed by atoms with Crippen molar-refractivity contribution in [3.63, 3.8) is 0 Å². The van der Waals surface area contributed by atoms with E-state index in [0.29, 0.717) is 18.0 Å². The summed E-state index contributed by atoms with van der Waals surface area (Å²) in [4.78, 5) is 4.85. The van der Waals surface area contributed by atoms with Crippen LogP contribution in [0.5, 0.6) is 0 Å². The largest absolute Gasteiger partial charge is 0.367 e. The minimum absolute atomic E-state index is 0.335. The second-order valence-electron chi connectivity index (χ2n) is 6.93. The fraction of sp³-hybridized carbons (Fsp3) is 0.647. The first-order valence-corrected chi connectivity index (χ1v) is 8.61. The minimum atomic E-state index is 0.335. The molecule has 2 aromatic heterocycles. The average Bonchev–Trinajstić information content (AvgIpc) is 3.06. The van der Waals surface area contributed by atoms with Crippen molar-refractivity contribution in [2.75, 3.05) is 5.32 Å². The molecule has 0 amide bonds. The van der Waals surface area contributed by atoms with Crippen molar-refractivity contribution in [2.45, 2.75) is 63.5 Å². The lowest BCUT2D eigenvalue weighted by molar-refractivity contribution is 0.570. The summed E-state index contributed by atoms with van der Waals surface area (Å²) < 4.78 is 1.92. The normalized spacial score (nSPS) is 26.5. The molecule has 2 aromatic rings. The van der Waals surface area contributed by atoms with Gasteiger partial charge in [0.05, 0.1) is 6.20 Å². The molecule has 5 nitrogen and oxygen atoms in total. The average molecular weight is 299 g/mol. The van der Waals surface area contributed by atoms with E-state index in [4.69, 9.17) is 10.7 Å². The van der Waals surface area contributed by atoms with E-state index in [-0.39, 0.29) is 0 Å². The highest BCUT2D eigenvalue weighted by molar-refractivity contribution is 5.50. The van der Waals surface area contributed by atoms with E-state index in [1.807, 2.05) is 16.8 Å². The number of anilines is 1. The number of nitrogens with one attached hydrogen (secondary N) is 1. The predicted octanol–water partition coefficient (Wildman–Crippen LogP) is 2.92. The molecule has 0 spiro atoms. The Morgan fingerprint density at radius 3 is 2.91 bits per heavy atom. The summed E-state index contributed by atoms with van der Waals surface area (Å²) in [5.74, 6) is 2.49. The van der Waals surface area contributed by atoms with Crippen LogP contribution in [0, 0.1) is 5.92 Å². The summed E-state index contributed by atoms with van der Waals surface area (Å²) in [6, 6.07) is 5.01. The van der Waals surface area contributed by atoms with Gasteiger partial charge in [0.1, 0.15) is 5.82 Å². The van der Waals surface area contributed by atoms with Crippen molar-refractivity contribution in [3.8, 4) is 0 Å². The van der Waals surface area contributed by atoms with Crippen LogP contribution in [0.15, 0.2) is 18.3 Å². The molecule has 0 bridgehead atoms. The Bertz CT molecular complexity index is 660. The SMILES string of the molecule is CCC(c1cc(N[C@H]2CC[C@H](N)C2)n2nccc2n1)C1CC1. The van der Waals surface area contributed by atoms with E-state index in [0.717, 1.165) is 43.1 Å². The molecule has 2 heterocycles. The smallest absolute Gasteiger partial charge is 0.157 e. The van der Waals surface area contributed by atoms with Crippen LogP contribution >= 0.6 is 0 Å². The number of aromatic nitrogens is 3. The first-order chi connectivity index (χ1) is 10.7. The molecule has 3 N–H and O–H groups in total. The first kappa shape index (κ1) is 14.0. The van der Waals surface area contributed by atoms with Gasteiger partial charge in [0.25, 0.3) is 0 Å². The van der Waals surface area contributed by atoms with Gasteiger partial charge in [0, 0.05) is 35.8 Å². The van der Waals surface area contributed by atoms with Gasteiger partial charge in [-0.15, -0.1) is 0 Å². The quantitative estimate of drug-likeness (QED) is 0.890. The Hall–Kier alpha value is -1.62. The molecule has 0 aliphatic heterocycles. The zero-order chi connectivity index (χ0) is 15.1. The molecule has 2 aliphatic rings. The standard InChI is InChI=1S/C17H25N5/c1-2-14(11-3-4-11)15-10-17(20-13-6-5-12(18)9-13)22-16(21-15)7-8-19-22/h7-8,10-14,20H,2-6,9,18H2,1H3/t12-,13-,14?/m0/s1. The second-order valence-corrected chi connectivity index (χ2v) is 6.93. The Kier molecular flexibility index (Phi) is 3.53. The van der Waals surface area contributed by atoms with E-state index in [1.54, 1.807) is 0 Å². The Morgan fingerprint density at radius 2 is 2.23 bits per heavy atom. The molecule has 118 valence electrons. The number of fused-ring (bicyclic) bond motifs is 1. The van der Waals surface area contributed by atoms with Crippen LogP contribution in [-0.2, 0) is 0 Å². The maximum absolute atomic E-state index is 6.04. The predicted molar refractivity (Wildman–Crippen MR) is 88.0 cm³/mol. The third kappa shape index (κ3) is 2.58. The molecule has 0 radical (unpaired) electrons. The van der Waals surface area contributed by atoms with Gasteiger partial charge in [-0.3, -0.25) is 0 Å². The highest BCUT2D eigenvalue weighted by Crippen LogP contribution is 2.44. The first-order valence-electron chi connectivity index (χ1n) is 8.61. The van der Waals surface area contributed by atoms with Gasteiger partial charge in [-0.1, -0.05) is 6.92 Å². The van der Waals surface area contributed by atoms with Gasteiger partial charge in [0.15, 0.2) is 5.65 Å². The molecular weight excluding hydrogens is 274 g/mol. The van der Waals surface area contributed by atoms with Crippen LogP contribution < -0.4 is 11.1 Å². The lowest BCUT2D eigenvalue weighted by atomic mass is 9.96. The van der Waals surface area contributed by atoms with Crippen LogP contribution in [0.4, 0.5) is 5.82 Å². The summed E-state index contributed by atoms with van der Waals surface area (Å²) in [6.07, 6.45) is 8.99. The number of nitrogens with zero attached hydrogens (tertiary/aromatic N) is 3. The molecule has 1 unspecified atom stereocenters. The van der Waals surface area contributed by atoms with Crippen molar-refractivity contribution >= 4 is 11.5 Å². The second kappa shape index (κ2) is 5.54. The molecule has 2 fully saturated rings. The number of nitrogens with two attached hydrogens (primary N) is 1. The zero-order valence-electron chi connectivity index (χ0n) is 13.2. The van der Waals surface area contributed by atoms with E-state index < -0.39 is 0 Å². The number of hydrogen-bond donors (Lipinski definition) is 2. The Labute approximate surface area is 131 Å². The minimum Gasteiger partial charge on any atom is -0.367 e. The molecule has 4 rings (SSSR count). The maximum Gasteiger partial charge on any atom is 0.157 e. The summed E-state index contributed by atoms with van der Waals surface area (Å²) in [5, 5.41) is 8.09.